The molecule has 0 radical (unpaired) electrons. The van der Waals surface area contributed by atoms with Crippen molar-refractivity contribution in [2.75, 3.05) is 19.8 Å². The van der Waals surface area contributed by atoms with Gasteiger partial charge in [0.05, 0.1) is 30.6 Å². The molecule has 0 atom stereocenters. The van der Waals surface area contributed by atoms with Gasteiger partial charge in [-0.1, -0.05) is 12.1 Å². The van der Waals surface area contributed by atoms with E-state index in [0.29, 0.717) is 12.2 Å². The van der Waals surface area contributed by atoms with Crippen molar-refractivity contribution in [2.45, 2.75) is 31.3 Å². The number of carbonyl (C=O) groups is 1. The van der Waals surface area contributed by atoms with Crippen LogP contribution in [0.1, 0.15) is 25.8 Å². The minimum atomic E-state index is -3.54. The predicted molar refractivity (Wildman–Crippen MR) is 84.8 cm³/mol. The van der Waals surface area contributed by atoms with Crippen molar-refractivity contribution in [1.29, 1.82) is 0 Å². The molecule has 0 amide bonds. The SMILES string of the molecule is CC(C)OCCOC(=O)CCN=C1NS(=O)(=O)c2ccccc21. The molecule has 0 aromatic heterocycles. The average molecular weight is 340 g/mol. The van der Waals surface area contributed by atoms with Crippen LogP contribution in [0.25, 0.3) is 0 Å². The normalized spacial score (nSPS) is 17.1. The Balaban J connectivity index is 1.84. The molecule has 1 aromatic rings. The minimum absolute atomic E-state index is 0.0784. The molecule has 0 spiro atoms. The molecular formula is C15H20N2O5S. The number of sulfonamides is 1. The van der Waals surface area contributed by atoms with E-state index >= 15 is 0 Å². The second kappa shape index (κ2) is 7.56. The van der Waals surface area contributed by atoms with Crippen molar-refractivity contribution in [3.05, 3.63) is 29.8 Å². The van der Waals surface area contributed by atoms with Crippen LogP contribution >= 0.6 is 0 Å². The van der Waals surface area contributed by atoms with Gasteiger partial charge in [0.15, 0.2) is 0 Å². The zero-order valence-corrected chi connectivity index (χ0v) is 13.9. The molecule has 1 heterocycles. The molecule has 23 heavy (non-hydrogen) atoms. The highest BCUT2D eigenvalue weighted by Crippen LogP contribution is 2.22. The van der Waals surface area contributed by atoms with Crippen LogP contribution in [0.2, 0.25) is 0 Å². The van der Waals surface area contributed by atoms with E-state index < -0.39 is 16.0 Å². The van der Waals surface area contributed by atoms with E-state index in [1.54, 1.807) is 18.2 Å². The number of benzene rings is 1. The van der Waals surface area contributed by atoms with E-state index in [0.717, 1.165) is 0 Å². The minimum Gasteiger partial charge on any atom is -0.463 e. The summed E-state index contributed by atoms with van der Waals surface area (Å²) in [6.45, 7) is 4.50. The summed E-state index contributed by atoms with van der Waals surface area (Å²) >= 11 is 0. The van der Waals surface area contributed by atoms with E-state index in [4.69, 9.17) is 9.47 Å². The summed E-state index contributed by atoms with van der Waals surface area (Å²) < 4.78 is 36.4. The standard InChI is InChI=1S/C15H20N2O5S/c1-11(2)21-9-10-22-14(18)7-8-16-15-12-5-3-4-6-13(12)23(19,20)17-15/h3-6,11H,7-10H2,1-2H3,(H,16,17). The Hall–Kier alpha value is -1.93. The number of ether oxygens (including phenoxy) is 2. The molecule has 126 valence electrons. The number of carbonyl (C=O) groups excluding carboxylic acids is 1. The lowest BCUT2D eigenvalue weighted by molar-refractivity contribution is -0.145. The quantitative estimate of drug-likeness (QED) is 0.592. The number of nitrogens with zero attached hydrogens (tertiary/aromatic N) is 1. The fraction of sp³-hybridized carbons (Fsp3) is 0.467. The molecular weight excluding hydrogens is 320 g/mol. The summed E-state index contributed by atoms with van der Waals surface area (Å²) in [6.07, 6.45) is 0.172. The Morgan fingerprint density at radius 3 is 2.74 bits per heavy atom. The van der Waals surface area contributed by atoms with Gasteiger partial charge in [-0.15, -0.1) is 0 Å². The highest BCUT2D eigenvalue weighted by Gasteiger charge is 2.29. The van der Waals surface area contributed by atoms with Gasteiger partial charge in [-0.05, 0) is 26.0 Å². The first kappa shape index (κ1) is 17.4. The smallest absolute Gasteiger partial charge is 0.307 e. The molecule has 1 aliphatic rings. The van der Waals surface area contributed by atoms with Gasteiger partial charge in [-0.2, -0.15) is 0 Å². The van der Waals surface area contributed by atoms with E-state index in [-0.39, 0.29) is 36.4 Å². The van der Waals surface area contributed by atoms with Crippen LogP contribution in [0, 0.1) is 0 Å². The van der Waals surface area contributed by atoms with Gasteiger partial charge in [0.1, 0.15) is 12.4 Å². The summed E-state index contributed by atoms with van der Waals surface area (Å²) in [7, 11) is -3.54. The van der Waals surface area contributed by atoms with E-state index in [1.165, 1.54) is 6.07 Å². The van der Waals surface area contributed by atoms with Gasteiger partial charge in [0.2, 0.25) is 0 Å². The first-order valence-electron chi connectivity index (χ1n) is 7.34. The van der Waals surface area contributed by atoms with Crippen LogP contribution in [0.15, 0.2) is 34.2 Å². The molecule has 1 aliphatic heterocycles. The van der Waals surface area contributed by atoms with Crippen LogP contribution in [0.5, 0.6) is 0 Å². The van der Waals surface area contributed by atoms with Crippen LogP contribution in [-0.2, 0) is 24.3 Å². The highest BCUT2D eigenvalue weighted by molar-refractivity contribution is 7.90. The average Bonchev–Trinajstić information content (AvgIpc) is 2.75. The number of amidine groups is 1. The maximum Gasteiger partial charge on any atom is 0.307 e. The Labute approximate surface area is 135 Å². The van der Waals surface area contributed by atoms with Crippen molar-refractivity contribution in [3.63, 3.8) is 0 Å². The summed E-state index contributed by atoms with van der Waals surface area (Å²) in [5.74, 6) is -0.132. The predicted octanol–water partition coefficient (Wildman–Crippen LogP) is 1.08. The maximum atomic E-state index is 11.9. The fourth-order valence-electron chi connectivity index (χ4n) is 2.02. The third-order valence-corrected chi connectivity index (χ3v) is 4.44. The number of fused-ring (bicyclic) bond motifs is 1. The second-order valence-corrected chi connectivity index (χ2v) is 6.87. The second-order valence-electron chi connectivity index (χ2n) is 5.22. The number of esters is 1. The molecule has 0 saturated heterocycles. The lowest BCUT2D eigenvalue weighted by Crippen LogP contribution is -2.22. The number of aliphatic imine (C=N–C) groups is 1. The van der Waals surface area contributed by atoms with Crippen molar-refractivity contribution in [3.8, 4) is 0 Å². The zero-order valence-electron chi connectivity index (χ0n) is 13.1. The Kier molecular flexibility index (Phi) is 5.73. The van der Waals surface area contributed by atoms with Gasteiger partial charge in [0.25, 0.3) is 10.0 Å². The monoisotopic (exact) mass is 340 g/mol. The third-order valence-electron chi connectivity index (χ3n) is 3.05. The topological polar surface area (TPSA) is 94.1 Å². The lowest BCUT2D eigenvalue weighted by atomic mass is 10.2. The number of hydrogen-bond acceptors (Lipinski definition) is 6. The Morgan fingerprint density at radius 1 is 1.26 bits per heavy atom. The Bertz CT molecular complexity index is 698. The van der Waals surface area contributed by atoms with Gasteiger partial charge < -0.3 is 9.47 Å². The van der Waals surface area contributed by atoms with Crippen LogP contribution in [-0.4, -0.2) is 46.1 Å². The third kappa shape index (κ3) is 4.77. The number of hydrogen-bond donors (Lipinski definition) is 1. The number of rotatable bonds is 7. The molecule has 1 N–H and O–H groups in total. The van der Waals surface area contributed by atoms with E-state index in [9.17, 15) is 13.2 Å². The highest BCUT2D eigenvalue weighted by atomic mass is 32.2. The largest absolute Gasteiger partial charge is 0.463 e. The summed E-state index contributed by atoms with van der Waals surface area (Å²) in [6, 6.07) is 6.58. The molecule has 0 aliphatic carbocycles. The fourth-order valence-corrected chi connectivity index (χ4v) is 3.27. The van der Waals surface area contributed by atoms with Gasteiger partial charge in [0, 0.05) is 5.56 Å². The van der Waals surface area contributed by atoms with Gasteiger partial charge in [-0.3, -0.25) is 14.5 Å². The van der Waals surface area contributed by atoms with Gasteiger partial charge in [-0.25, -0.2) is 8.42 Å². The molecule has 0 unspecified atom stereocenters. The van der Waals surface area contributed by atoms with E-state index in [2.05, 4.69) is 9.71 Å². The van der Waals surface area contributed by atoms with Crippen LogP contribution in [0.4, 0.5) is 0 Å². The molecule has 1 aromatic carbocycles. The molecule has 0 fully saturated rings. The molecule has 0 bridgehead atoms. The molecule has 8 heteroatoms. The summed E-state index contributed by atoms with van der Waals surface area (Å²) in [5, 5.41) is 0. The molecule has 7 nitrogen and oxygen atoms in total. The molecule has 0 saturated carbocycles. The Morgan fingerprint density at radius 2 is 2.00 bits per heavy atom. The maximum absolute atomic E-state index is 11.9. The van der Waals surface area contributed by atoms with E-state index in [1.807, 2.05) is 13.8 Å². The first-order valence-corrected chi connectivity index (χ1v) is 8.82. The van der Waals surface area contributed by atoms with Crippen molar-refractivity contribution in [2.24, 2.45) is 4.99 Å². The van der Waals surface area contributed by atoms with Crippen molar-refractivity contribution < 1.29 is 22.7 Å². The number of nitrogens with one attached hydrogen (secondary N) is 1. The summed E-state index contributed by atoms with van der Waals surface area (Å²) in [5.41, 5.74) is 0.520. The van der Waals surface area contributed by atoms with Crippen LogP contribution in [0.3, 0.4) is 0 Å². The first-order chi connectivity index (χ1) is 10.9. The van der Waals surface area contributed by atoms with Crippen LogP contribution < -0.4 is 4.72 Å². The van der Waals surface area contributed by atoms with Crippen molar-refractivity contribution >= 4 is 21.8 Å². The molecule has 2 rings (SSSR count). The lowest BCUT2D eigenvalue weighted by Gasteiger charge is -2.07. The summed E-state index contributed by atoms with van der Waals surface area (Å²) in [4.78, 5) is 15.9. The van der Waals surface area contributed by atoms with Gasteiger partial charge >= 0.3 is 5.97 Å². The zero-order chi connectivity index (χ0) is 16.9. The van der Waals surface area contributed by atoms with Crippen molar-refractivity contribution in [1.82, 2.24) is 4.72 Å².